The van der Waals surface area contributed by atoms with E-state index in [0.29, 0.717) is 0 Å². The number of alkyl halides is 2. The minimum Gasteiger partial charge on any atom is -0.472 e. The standard InChI is InChI=1S/C24H24F2N8O10P2S2/c25-13-17-11-5-39-46(36,48)44-18-12(6-40-45(35,47)43-17)42-24(14(18)26)34-10-32-16-20(34)28-8-30-22(16)38-4-2-1-3-37-21-15-19(27-7-29-21)33(9-31-15)23(13)41-11/h1-2,7-14,17-18,23-24H,3-6H2,(H,35,47)(H,36,48)/b2-1+/t11?,12?,13-,14-,17-,18-,23-,24-,45?,46?/m1/s1. The first-order valence-corrected chi connectivity index (χ1v) is 19.5. The number of imidazole rings is 2. The molecule has 1 N–H and O–H groups in total. The van der Waals surface area contributed by atoms with Crippen LogP contribution in [0.25, 0.3) is 22.3 Å². The summed E-state index contributed by atoms with van der Waals surface area (Å²) in [5.41, 5.74) is 0.692. The van der Waals surface area contributed by atoms with Gasteiger partial charge in [0, 0.05) is 0 Å². The number of ether oxygens (including phenoxy) is 4. The van der Waals surface area contributed by atoms with Crippen molar-refractivity contribution < 1.29 is 55.3 Å². The van der Waals surface area contributed by atoms with Crippen LogP contribution in [0.4, 0.5) is 8.78 Å². The van der Waals surface area contributed by atoms with E-state index in [1.807, 2.05) is 0 Å². The molecule has 3 fully saturated rings. The Morgan fingerprint density at radius 3 is 1.83 bits per heavy atom. The molecular weight excluding hydrogens is 724 g/mol. The Hall–Kier alpha value is -2.75. The molecule has 4 unspecified atom stereocenters. The number of fused-ring (bicyclic) bond motifs is 10. The fraction of sp³-hybridized carbons (Fsp3) is 0.500. The van der Waals surface area contributed by atoms with Crippen molar-refractivity contribution in [3.8, 4) is 11.8 Å². The SMILES string of the molecule is O=P1(S)OCC2O[C@@H]3[C@H](F)[C@@H]2OP(O)(=S)OCC2O[C@H]([C@H](F)[C@@H]2O1)n1cnc2c(ncnc21)OC/C=C/COc1ncnc2c1ncn23. The summed E-state index contributed by atoms with van der Waals surface area (Å²) in [7, 11) is 0. The summed E-state index contributed by atoms with van der Waals surface area (Å²) in [6.07, 6.45) is -4.53. The number of nitrogens with zero attached hydrogens (tertiary/aromatic N) is 8. The third-order valence-corrected chi connectivity index (χ3v) is 11.0. The van der Waals surface area contributed by atoms with Gasteiger partial charge < -0.3 is 28.4 Å². The second-order valence-electron chi connectivity index (χ2n) is 10.8. The average molecular weight is 749 g/mol. The summed E-state index contributed by atoms with van der Waals surface area (Å²) in [6, 6.07) is 0. The van der Waals surface area contributed by atoms with E-state index in [2.05, 4.69) is 42.2 Å². The van der Waals surface area contributed by atoms with Crippen molar-refractivity contribution in [1.82, 2.24) is 39.0 Å². The highest BCUT2D eigenvalue weighted by Crippen LogP contribution is 2.58. The van der Waals surface area contributed by atoms with Gasteiger partial charge in [-0.15, -0.1) is 0 Å². The van der Waals surface area contributed by atoms with E-state index in [1.54, 1.807) is 12.2 Å². The lowest BCUT2D eigenvalue weighted by atomic mass is 10.1. The Balaban J connectivity index is 1.21. The normalized spacial score (nSPS) is 38.0. The summed E-state index contributed by atoms with van der Waals surface area (Å²) in [5.74, 6) is 0.212. The maximum Gasteiger partial charge on any atom is 0.386 e. The molecule has 24 heteroatoms. The predicted octanol–water partition coefficient (Wildman–Crippen LogP) is 2.54. The highest BCUT2D eigenvalue weighted by atomic mass is 32.7. The third-order valence-electron chi connectivity index (χ3n) is 7.85. The molecule has 9 rings (SSSR count). The molecule has 0 aromatic carbocycles. The topological polar surface area (TPSA) is 198 Å². The second kappa shape index (κ2) is 12.5. The molecule has 18 nitrogen and oxygen atoms in total. The third kappa shape index (κ3) is 5.91. The molecular formula is C24H24F2N8O10P2S2. The molecule has 4 aromatic rings. The Morgan fingerprint density at radius 1 is 0.792 bits per heavy atom. The van der Waals surface area contributed by atoms with Crippen molar-refractivity contribution in [2.24, 2.45) is 0 Å². The van der Waals surface area contributed by atoms with Gasteiger partial charge in [0.05, 0.1) is 25.9 Å². The van der Waals surface area contributed by atoms with E-state index in [-0.39, 0.29) is 47.3 Å². The minimum absolute atomic E-state index is 0.0583. The summed E-state index contributed by atoms with van der Waals surface area (Å²) < 4.78 is 94.0. The van der Waals surface area contributed by atoms with Crippen LogP contribution >= 0.6 is 25.8 Å². The lowest BCUT2D eigenvalue weighted by Crippen LogP contribution is -2.37. The summed E-state index contributed by atoms with van der Waals surface area (Å²) >= 11 is 9.25. The van der Waals surface area contributed by atoms with E-state index in [4.69, 9.17) is 48.8 Å². The summed E-state index contributed by atoms with van der Waals surface area (Å²) in [6.45, 7) is -9.79. The monoisotopic (exact) mass is 748 g/mol. The number of thiol groups is 1. The quantitative estimate of drug-likeness (QED) is 0.151. The largest absolute Gasteiger partial charge is 0.472 e. The fourth-order valence-electron chi connectivity index (χ4n) is 5.69. The maximum atomic E-state index is 16.2. The van der Waals surface area contributed by atoms with E-state index < -0.39 is 75.9 Å². The average Bonchev–Trinajstić information content (AvgIpc) is 3.81. The van der Waals surface area contributed by atoms with Crippen molar-refractivity contribution >= 4 is 59.9 Å². The van der Waals surface area contributed by atoms with Gasteiger partial charge in [-0.05, 0) is 24.0 Å². The molecule has 0 aliphatic carbocycles. The highest BCUT2D eigenvalue weighted by molar-refractivity contribution is 8.44. The molecule has 5 aliphatic rings. The van der Waals surface area contributed by atoms with Gasteiger partial charge in [-0.3, -0.25) is 22.7 Å². The van der Waals surface area contributed by atoms with Crippen LogP contribution in [0, 0.1) is 0 Å². The molecule has 10 atom stereocenters. The lowest BCUT2D eigenvalue weighted by Gasteiger charge is -2.29. The Bertz CT molecular complexity index is 1860. The molecule has 4 aromatic heterocycles. The van der Waals surface area contributed by atoms with E-state index in [0.717, 1.165) is 0 Å². The van der Waals surface area contributed by atoms with Gasteiger partial charge in [0.1, 0.15) is 50.3 Å². The van der Waals surface area contributed by atoms with Crippen LogP contribution in [0.2, 0.25) is 0 Å². The predicted molar refractivity (Wildman–Crippen MR) is 163 cm³/mol. The number of hydrogen-bond donors (Lipinski definition) is 2. The van der Waals surface area contributed by atoms with E-state index in [1.165, 1.54) is 34.4 Å². The van der Waals surface area contributed by atoms with Gasteiger partial charge in [0.15, 0.2) is 47.1 Å². The van der Waals surface area contributed by atoms with Crippen LogP contribution in [0.3, 0.4) is 0 Å². The molecule has 14 bridgehead atoms. The van der Waals surface area contributed by atoms with Gasteiger partial charge in [0.2, 0.25) is 11.8 Å². The summed E-state index contributed by atoms with van der Waals surface area (Å²) in [4.78, 5) is 36.3. The van der Waals surface area contributed by atoms with Crippen LogP contribution in [0.5, 0.6) is 11.8 Å². The zero-order valence-electron chi connectivity index (χ0n) is 24.1. The van der Waals surface area contributed by atoms with Gasteiger partial charge in [0.25, 0.3) is 0 Å². The molecule has 3 saturated heterocycles. The van der Waals surface area contributed by atoms with Gasteiger partial charge in [-0.1, -0.05) is 12.2 Å². The Morgan fingerprint density at radius 2 is 1.29 bits per heavy atom. The molecule has 48 heavy (non-hydrogen) atoms. The van der Waals surface area contributed by atoms with Crippen molar-refractivity contribution in [2.45, 2.75) is 49.2 Å². The Labute approximate surface area is 278 Å². The Kier molecular flexibility index (Phi) is 8.48. The molecule has 0 saturated carbocycles. The first-order chi connectivity index (χ1) is 23.1. The first-order valence-electron chi connectivity index (χ1n) is 14.2. The van der Waals surface area contributed by atoms with Gasteiger partial charge in [-0.25, -0.2) is 33.3 Å². The molecule has 0 spiro atoms. The van der Waals surface area contributed by atoms with Gasteiger partial charge in [-0.2, -0.15) is 9.97 Å². The van der Waals surface area contributed by atoms with Gasteiger partial charge >= 0.3 is 13.5 Å². The molecule has 5 aliphatic heterocycles. The zero-order valence-corrected chi connectivity index (χ0v) is 27.6. The van der Waals surface area contributed by atoms with E-state index >= 15 is 8.78 Å². The number of aromatic nitrogens is 8. The summed E-state index contributed by atoms with van der Waals surface area (Å²) in [5, 5.41) is 0. The molecule has 9 heterocycles. The molecule has 0 amide bonds. The molecule has 256 valence electrons. The van der Waals surface area contributed by atoms with Crippen LogP contribution in [-0.4, -0.2) is 107 Å². The maximum absolute atomic E-state index is 16.2. The van der Waals surface area contributed by atoms with Crippen molar-refractivity contribution in [2.75, 3.05) is 26.4 Å². The number of halogens is 2. The lowest BCUT2D eigenvalue weighted by molar-refractivity contribution is -0.0564. The number of hydrogen-bond acceptors (Lipinski definition) is 16. The highest BCUT2D eigenvalue weighted by Gasteiger charge is 2.54. The van der Waals surface area contributed by atoms with Crippen molar-refractivity contribution in [3.63, 3.8) is 0 Å². The van der Waals surface area contributed by atoms with Crippen LogP contribution < -0.4 is 9.47 Å². The van der Waals surface area contributed by atoms with Crippen LogP contribution in [0.1, 0.15) is 12.5 Å². The van der Waals surface area contributed by atoms with Crippen molar-refractivity contribution in [1.29, 1.82) is 0 Å². The number of rotatable bonds is 0. The smallest absolute Gasteiger partial charge is 0.386 e. The fourth-order valence-corrected chi connectivity index (χ4v) is 8.61. The van der Waals surface area contributed by atoms with E-state index in [9.17, 15) is 9.46 Å². The van der Waals surface area contributed by atoms with Crippen molar-refractivity contribution in [3.05, 3.63) is 37.5 Å². The van der Waals surface area contributed by atoms with Crippen LogP contribution in [0.15, 0.2) is 37.5 Å². The zero-order chi connectivity index (χ0) is 33.2. The second-order valence-corrected chi connectivity index (χ2v) is 16.5. The minimum atomic E-state index is -4.39. The first kappa shape index (κ1) is 32.5. The van der Waals surface area contributed by atoms with Crippen LogP contribution in [-0.2, 0) is 43.9 Å². The molecule has 0 radical (unpaired) electrons.